The van der Waals surface area contributed by atoms with Crippen molar-refractivity contribution in [1.82, 2.24) is 9.78 Å². The van der Waals surface area contributed by atoms with Gasteiger partial charge in [0.2, 0.25) is 0 Å². The van der Waals surface area contributed by atoms with Crippen molar-refractivity contribution in [1.29, 1.82) is 0 Å². The average molecular weight is 258 g/mol. The second-order valence-electron chi connectivity index (χ2n) is 3.18. The zero-order valence-electron chi connectivity index (χ0n) is 9.93. The van der Waals surface area contributed by atoms with Crippen molar-refractivity contribution in [3.8, 4) is 0 Å². The van der Waals surface area contributed by atoms with Gasteiger partial charge in [-0.2, -0.15) is 5.10 Å². The number of aromatic nitrogens is 2. The first kappa shape index (κ1) is 13.6. The number of hydrogen-bond acceptors (Lipinski definition) is 6. The SMILES string of the molecule is COC(=O)CCSc1cn(C)nc1C(=O)OC. The fourth-order valence-electron chi connectivity index (χ4n) is 1.16. The number of methoxy groups -OCH3 is 2. The maximum Gasteiger partial charge on any atom is 0.359 e. The third-order valence-corrected chi connectivity index (χ3v) is 2.98. The van der Waals surface area contributed by atoms with Gasteiger partial charge in [0.1, 0.15) is 0 Å². The molecule has 17 heavy (non-hydrogen) atoms. The highest BCUT2D eigenvalue weighted by Gasteiger charge is 2.17. The number of esters is 2. The molecule has 0 aromatic carbocycles. The number of ether oxygens (including phenoxy) is 2. The Labute approximate surface area is 103 Å². The Morgan fingerprint density at radius 1 is 1.41 bits per heavy atom. The Morgan fingerprint density at radius 3 is 2.71 bits per heavy atom. The van der Waals surface area contributed by atoms with Crippen LogP contribution in [0.2, 0.25) is 0 Å². The molecule has 0 saturated heterocycles. The number of nitrogens with zero attached hydrogens (tertiary/aromatic N) is 2. The van der Waals surface area contributed by atoms with Crippen molar-refractivity contribution in [3.05, 3.63) is 11.9 Å². The van der Waals surface area contributed by atoms with Gasteiger partial charge < -0.3 is 9.47 Å². The summed E-state index contributed by atoms with van der Waals surface area (Å²) in [4.78, 5) is 23.0. The van der Waals surface area contributed by atoms with Crippen molar-refractivity contribution >= 4 is 23.7 Å². The predicted molar refractivity (Wildman–Crippen MR) is 61.9 cm³/mol. The Bertz CT molecular complexity index is 416. The molecule has 0 spiro atoms. The Balaban J connectivity index is 2.64. The van der Waals surface area contributed by atoms with Crippen molar-refractivity contribution in [3.63, 3.8) is 0 Å². The number of rotatable bonds is 5. The highest BCUT2D eigenvalue weighted by molar-refractivity contribution is 7.99. The number of carbonyl (C=O) groups is 2. The molecule has 0 atom stereocenters. The van der Waals surface area contributed by atoms with E-state index in [-0.39, 0.29) is 18.1 Å². The van der Waals surface area contributed by atoms with Crippen molar-refractivity contribution < 1.29 is 19.1 Å². The first-order chi connectivity index (χ1) is 8.08. The van der Waals surface area contributed by atoms with E-state index in [1.165, 1.54) is 30.7 Å². The monoisotopic (exact) mass is 258 g/mol. The van der Waals surface area contributed by atoms with E-state index in [4.69, 9.17) is 0 Å². The van der Waals surface area contributed by atoms with Crippen LogP contribution in [0.4, 0.5) is 0 Å². The van der Waals surface area contributed by atoms with E-state index in [2.05, 4.69) is 14.6 Å². The van der Waals surface area contributed by atoms with Gasteiger partial charge in [-0.3, -0.25) is 9.48 Å². The summed E-state index contributed by atoms with van der Waals surface area (Å²) < 4.78 is 10.7. The van der Waals surface area contributed by atoms with Gasteiger partial charge in [-0.1, -0.05) is 0 Å². The van der Waals surface area contributed by atoms with Crippen LogP contribution < -0.4 is 0 Å². The molecular formula is C10H14N2O4S. The first-order valence-corrected chi connectivity index (χ1v) is 5.88. The molecule has 1 aromatic heterocycles. The molecular weight excluding hydrogens is 244 g/mol. The van der Waals surface area contributed by atoms with E-state index in [0.717, 1.165) is 0 Å². The van der Waals surface area contributed by atoms with Crippen LogP contribution in [0.1, 0.15) is 16.9 Å². The van der Waals surface area contributed by atoms with Gasteiger partial charge in [-0.15, -0.1) is 11.8 Å². The van der Waals surface area contributed by atoms with Crippen molar-refractivity contribution in [2.45, 2.75) is 11.3 Å². The minimum absolute atomic E-state index is 0.268. The number of hydrogen-bond donors (Lipinski definition) is 0. The van der Waals surface area contributed by atoms with E-state index in [9.17, 15) is 9.59 Å². The molecule has 1 heterocycles. The molecule has 0 aliphatic rings. The van der Waals surface area contributed by atoms with Crippen molar-refractivity contribution in [2.24, 2.45) is 7.05 Å². The van der Waals surface area contributed by atoms with Crippen LogP contribution in [0.5, 0.6) is 0 Å². The average Bonchev–Trinajstić information content (AvgIpc) is 2.69. The summed E-state index contributed by atoms with van der Waals surface area (Å²) >= 11 is 1.37. The lowest BCUT2D eigenvalue weighted by Crippen LogP contribution is -2.05. The molecule has 6 nitrogen and oxygen atoms in total. The summed E-state index contributed by atoms with van der Waals surface area (Å²) in [5.74, 6) is -0.227. The zero-order valence-corrected chi connectivity index (χ0v) is 10.7. The number of aryl methyl sites for hydroxylation is 1. The van der Waals surface area contributed by atoms with Gasteiger partial charge in [0, 0.05) is 19.0 Å². The minimum atomic E-state index is -0.480. The molecule has 0 aliphatic heterocycles. The van der Waals surface area contributed by atoms with E-state index in [1.807, 2.05) is 0 Å². The normalized spacial score (nSPS) is 10.1. The lowest BCUT2D eigenvalue weighted by Gasteiger charge is -2.00. The predicted octanol–water partition coefficient (Wildman–Crippen LogP) is 0.862. The Morgan fingerprint density at radius 2 is 2.12 bits per heavy atom. The van der Waals surface area contributed by atoms with Gasteiger partial charge in [-0.05, 0) is 0 Å². The van der Waals surface area contributed by atoms with Gasteiger partial charge >= 0.3 is 11.9 Å². The first-order valence-electron chi connectivity index (χ1n) is 4.90. The smallest absolute Gasteiger partial charge is 0.359 e. The van der Waals surface area contributed by atoms with Crippen LogP contribution in [-0.4, -0.2) is 41.7 Å². The van der Waals surface area contributed by atoms with Crippen molar-refractivity contribution in [2.75, 3.05) is 20.0 Å². The fraction of sp³-hybridized carbons (Fsp3) is 0.500. The highest BCUT2D eigenvalue weighted by Crippen LogP contribution is 2.23. The molecule has 0 aliphatic carbocycles. The van der Waals surface area contributed by atoms with Gasteiger partial charge in [0.15, 0.2) is 5.69 Å². The van der Waals surface area contributed by atoms with Crippen LogP contribution in [-0.2, 0) is 21.3 Å². The standard InChI is InChI=1S/C10H14N2O4S/c1-12-6-7(9(11-12)10(14)16-3)17-5-4-8(13)15-2/h6H,4-5H2,1-3H3. The third kappa shape index (κ3) is 3.77. The quantitative estimate of drug-likeness (QED) is 0.576. The maximum atomic E-state index is 11.4. The summed E-state index contributed by atoms with van der Waals surface area (Å²) in [7, 11) is 4.37. The van der Waals surface area contributed by atoms with Crippen LogP contribution in [0.25, 0.3) is 0 Å². The van der Waals surface area contributed by atoms with E-state index in [1.54, 1.807) is 13.2 Å². The molecule has 94 valence electrons. The van der Waals surface area contributed by atoms with Gasteiger partial charge in [0.05, 0.1) is 25.5 Å². The topological polar surface area (TPSA) is 70.4 Å². The largest absolute Gasteiger partial charge is 0.469 e. The molecule has 0 saturated carbocycles. The van der Waals surface area contributed by atoms with Crippen LogP contribution in [0.3, 0.4) is 0 Å². The molecule has 0 fully saturated rings. The highest BCUT2D eigenvalue weighted by atomic mass is 32.2. The number of thioether (sulfide) groups is 1. The summed E-state index contributed by atoms with van der Waals surface area (Å²) in [6, 6.07) is 0. The molecule has 0 radical (unpaired) electrons. The summed E-state index contributed by atoms with van der Waals surface area (Å²) in [5.41, 5.74) is 0.268. The summed E-state index contributed by atoms with van der Waals surface area (Å²) in [5, 5.41) is 4.00. The van der Waals surface area contributed by atoms with Crippen LogP contribution >= 0.6 is 11.8 Å². The van der Waals surface area contributed by atoms with Gasteiger partial charge in [0.25, 0.3) is 0 Å². The maximum absolute atomic E-state index is 11.4. The van der Waals surface area contributed by atoms with Crippen LogP contribution in [0.15, 0.2) is 11.1 Å². The van der Waals surface area contributed by atoms with Crippen LogP contribution in [0, 0.1) is 0 Å². The zero-order chi connectivity index (χ0) is 12.8. The lowest BCUT2D eigenvalue weighted by molar-refractivity contribution is -0.140. The molecule has 0 bridgehead atoms. The van der Waals surface area contributed by atoms with E-state index in [0.29, 0.717) is 10.6 Å². The molecule has 1 rings (SSSR count). The number of carbonyl (C=O) groups excluding carboxylic acids is 2. The minimum Gasteiger partial charge on any atom is -0.469 e. The Hall–Kier alpha value is -1.50. The third-order valence-electron chi connectivity index (χ3n) is 1.97. The van der Waals surface area contributed by atoms with E-state index < -0.39 is 5.97 Å². The Kier molecular flexibility index (Phi) is 5.02. The summed E-state index contributed by atoms with van der Waals surface area (Å²) in [6.07, 6.45) is 2.00. The van der Waals surface area contributed by atoms with Gasteiger partial charge in [-0.25, -0.2) is 4.79 Å². The molecule has 0 amide bonds. The summed E-state index contributed by atoms with van der Waals surface area (Å²) in [6.45, 7) is 0. The molecule has 1 aromatic rings. The second-order valence-corrected chi connectivity index (χ2v) is 4.32. The molecule has 0 unspecified atom stereocenters. The van der Waals surface area contributed by atoms with E-state index >= 15 is 0 Å². The lowest BCUT2D eigenvalue weighted by atomic mass is 10.4. The second kappa shape index (κ2) is 6.29. The molecule has 0 N–H and O–H groups in total. The fourth-order valence-corrected chi connectivity index (χ4v) is 2.13. The molecule has 7 heteroatoms.